The molecule has 0 radical (unpaired) electrons. The van der Waals surface area contributed by atoms with Gasteiger partial charge in [-0.25, -0.2) is 0 Å². The Morgan fingerprint density at radius 2 is 1.74 bits per heavy atom. The Morgan fingerprint density at radius 3 is 2.67 bits per heavy atom. The molecule has 5 rings (SSSR count). The molecule has 0 spiro atoms. The lowest BCUT2D eigenvalue weighted by molar-refractivity contribution is 0.0765. The van der Waals surface area contributed by atoms with Gasteiger partial charge >= 0.3 is 0 Å². The number of hydrogen-bond donors (Lipinski definition) is 1. The van der Waals surface area contributed by atoms with E-state index >= 15 is 0 Å². The summed E-state index contributed by atoms with van der Waals surface area (Å²) in [6.45, 7) is 3.64. The van der Waals surface area contributed by atoms with Crippen LogP contribution in [0.4, 0.5) is 0 Å². The van der Waals surface area contributed by atoms with Crippen molar-refractivity contribution in [2.75, 3.05) is 13.1 Å². The van der Waals surface area contributed by atoms with Gasteiger partial charge in [0.15, 0.2) is 0 Å². The van der Waals surface area contributed by atoms with Crippen molar-refractivity contribution < 1.29 is 4.79 Å². The summed E-state index contributed by atoms with van der Waals surface area (Å²) < 4.78 is 0. The zero-order valence-electron chi connectivity index (χ0n) is 15.5. The highest BCUT2D eigenvalue weighted by Gasteiger charge is 2.23. The zero-order chi connectivity index (χ0) is 18.4. The average molecular weight is 354 g/mol. The Bertz CT molecular complexity index is 1170. The first-order valence-electron chi connectivity index (χ1n) is 9.58. The van der Waals surface area contributed by atoms with Gasteiger partial charge in [0.2, 0.25) is 0 Å². The van der Waals surface area contributed by atoms with Crippen molar-refractivity contribution in [1.82, 2.24) is 9.88 Å². The summed E-state index contributed by atoms with van der Waals surface area (Å²) in [6.07, 6.45) is 1.77. The molecule has 0 bridgehead atoms. The Balaban J connectivity index is 1.47. The van der Waals surface area contributed by atoms with Crippen molar-refractivity contribution in [3.8, 4) is 0 Å². The summed E-state index contributed by atoms with van der Waals surface area (Å²) in [5, 5.41) is 3.46. The van der Waals surface area contributed by atoms with Gasteiger partial charge in [-0.15, -0.1) is 0 Å². The third kappa shape index (κ3) is 2.71. The topological polar surface area (TPSA) is 36.1 Å². The molecule has 1 aliphatic heterocycles. The molecule has 0 atom stereocenters. The summed E-state index contributed by atoms with van der Waals surface area (Å²) in [6, 6.07) is 20.7. The molecular formula is C24H22N2O. The number of H-pyrrole nitrogens is 1. The number of nitrogens with one attached hydrogen (secondary N) is 1. The fourth-order valence-corrected chi connectivity index (χ4v) is 4.31. The lowest BCUT2D eigenvalue weighted by Crippen LogP contribution is -2.33. The molecule has 1 amide bonds. The maximum Gasteiger partial charge on any atom is 0.254 e. The minimum atomic E-state index is 0.137. The molecule has 134 valence electrons. The van der Waals surface area contributed by atoms with E-state index in [0.717, 1.165) is 42.3 Å². The minimum absolute atomic E-state index is 0.137. The van der Waals surface area contributed by atoms with Gasteiger partial charge in [-0.3, -0.25) is 4.79 Å². The molecule has 3 aromatic carbocycles. The molecule has 1 aromatic heterocycles. The van der Waals surface area contributed by atoms with Crippen molar-refractivity contribution >= 4 is 27.6 Å². The fourth-order valence-electron chi connectivity index (χ4n) is 4.31. The van der Waals surface area contributed by atoms with Crippen LogP contribution in [0, 0.1) is 6.92 Å². The van der Waals surface area contributed by atoms with Crippen LogP contribution in [0.2, 0.25) is 0 Å². The first kappa shape index (κ1) is 16.1. The van der Waals surface area contributed by atoms with Gasteiger partial charge in [0, 0.05) is 41.7 Å². The zero-order valence-corrected chi connectivity index (χ0v) is 15.5. The molecule has 0 saturated carbocycles. The Morgan fingerprint density at radius 1 is 0.926 bits per heavy atom. The first-order chi connectivity index (χ1) is 13.2. The predicted molar refractivity (Wildman–Crippen MR) is 110 cm³/mol. The number of benzene rings is 3. The maximum atomic E-state index is 13.3. The summed E-state index contributed by atoms with van der Waals surface area (Å²) >= 11 is 0. The van der Waals surface area contributed by atoms with Gasteiger partial charge in [-0.1, -0.05) is 48.0 Å². The smallest absolute Gasteiger partial charge is 0.254 e. The van der Waals surface area contributed by atoms with Crippen LogP contribution >= 0.6 is 0 Å². The van der Waals surface area contributed by atoms with Gasteiger partial charge in [-0.2, -0.15) is 0 Å². The number of fused-ring (bicyclic) bond motifs is 4. The Hall–Kier alpha value is -3.07. The van der Waals surface area contributed by atoms with Gasteiger partial charge in [0.1, 0.15) is 0 Å². The highest BCUT2D eigenvalue weighted by molar-refractivity contribution is 6.07. The lowest BCUT2D eigenvalue weighted by atomic mass is 10.0. The van der Waals surface area contributed by atoms with Crippen molar-refractivity contribution in [2.24, 2.45) is 0 Å². The van der Waals surface area contributed by atoms with Crippen LogP contribution in [0.5, 0.6) is 0 Å². The highest BCUT2D eigenvalue weighted by Crippen LogP contribution is 2.28. The van der Waals surface area contributed by atoms with Gasteiger partial charge in [0.25, 0.3) is 5.91 Å². The number of aromatic amines is 1. The van der Waals surface area contributed by atoms with Crippen LogP contribution in [0.15, 0.2) is 60.7 Å². The minimum Gasteiger partial charge on any atom is -0.358 e. The summed E-state index contributed by atoms with van der Waals surface area (Å²) in [4.78, 5) is 18.9. The van der Waals surface area contributed by atoms with Crippen molar-refractivity contribution in [3.05, 3.63) is 83.0 Å². The molecule has 3 nitrogen and oxygen atoms in total. The second-order valence-electron chi connectivity index (χ2n) is 7.45. The number of carbonyl (C=O) groups excluding carboxylic acids is 1. The number of aromatic nitrogens is 1. The largest absolute Gasteiger partial charge is 0.358 e. The maximum absolute atomic E-state index is 13.3. The summed E-state index contributed by atoms with van der Waals surface area (Å²) in [5.41, 5.74) is 5.95. The standard InChI is InChI=1S/C24H22N2O/c1-16-9-10-22-21(15-16)19-11-13-26(14-12-23(19)25-22)24(27)20-8-4-6-17-5-2-3-7-18(17)20/h2-10,15,25H,11-14H2,1H3. The van der Waals surface area contributed by atoms with Gasteiger partial charge in [0.05, 0.1) is 0 Å². The van der Waals surface area contributed by atoms with Crippen LogP contribution in [0.1, 0.15) is 27.2 Å². The number of aryl methyl sites for hydroxylation is 1. The molecule has 4 aromatic rings. The third-order valence-corrected chi connectivity index (χ3v) is 5.72. The van der Waals surface area contributed by atoms with E-state index < -0.39 is 0 Å². The summed E-state index contributed by atoms with van der Waals surface area (Å²) in [5.74, 6) is 0.137. The van der Waals surface area contributed by atoms with Gasteiger partial charge in [-0.05, 0) is 47.9 Å². The third-order valence-electron chi connectivity index (χ3n) is 5.72. The lowest BCUT2D eigenvalue weighted by Gasteiger charge is -2.21. The van der Waals surface area contributed by atoms with E-state index in [0.29, 0.717) is 0 Å². The van der Waals surface area contributed by atoms with E-state index in [1.165, 1.54) is 27.7 Å². The molecule has 0 aliphatic carbocycles. The Kier molecular flexibility index (Phi) is 3.75. The van der Waals surface area contributed by atoms with Crippen LogP contribution in [0.25, 0.3) is 21.7 Å². The monoisotopic (exact) mass is 354 g/mol. The molecule has 27 heavy (non-hydrogen) atoms. The average Bonchev–Trinajstić information content (AvgIpc) is 2.90. The van der Waals surface area contributed by atoms with Crippen LogP contribution in [0.3, 0.4) is 0 Å². The number of hydrogen-bond acceptors (Lipinski definition) is 1. The predicted octanol–water partition coefficient (Wildman–Crippen LogP) is 4.87. The molecule has 2 heterocycles. The molecule has 0 fully saturated rings. The van der Waals surface area contributed by atoms with Crippen molar-refractivity contribution in [3.63, 3.8) is 0 Å². The summed E-state index contributed by atoms with van der Waals surface area (Å²) in [7, 11) is 0. The second-order valence-corrected chi connectivity index (χ2v) is 7.45. The highest BCUT2D eigenvalue weighted by atomic mass is 16.2. The van der Waals surface area contributed by atoms with E-state index in [-0.39, 0.29) is 5.91 Å². The molecule has 0 unspecified atom stereocenters. The quantitative estimate of drug-likeness (QED) is 0.520. The number of nitrogens with zero attached hydrogens (tertiary/aromatic N) is 1. The van der Waals surface area contributed by atoms with E-state index in [4.69, 9.17) is 0 Å². The van der Waals surface area contributed by atoms with Crippen molar-refractivity contribution in [1.29, 1.82) is 0 Å². The molecule has 1 aliphatic rings. The van der Waals surface area contributed by atoms with E-state index in [2.05, 4.69) is 42.2 Å². The Labute approximate surface area is 158 Å². The number of amides is 1. The molecule has 3 heteroatoms. The van der Waals surface area contributed by atoms with Crippen LogP contribution < -0.4 is 0 Å². The van der Waals surface area contributed by atoms with E-state index in [1.54, 1.807) is 0 Å². The normalized spacial score (nSPS) is 14.3. The van der Waals surface area contributed by atoms with Crippen LogP contribution in [-0.2, 0) is 12.8 Å². The van der Waals surface area contributed by atoms with Crippen LogP contribution in [-0.4, -0.2) is 28.9 Å². The van der Waals surface area contributed by atoms with Crippen molar-refractivity contribution in [2.45, 2.75) is 19.8 Å². The number of rotatable bonds is 1. The van der Waals surface area contributed by atoms with E-state index in [1.807, 2.05) is 35.2 Å². The SMILES string of the molecule is Cc1ccc2[nH]c3c(c2c1)CCN(C(=O)c1cccc2ccccc12)CC3. The number of carbonyl (C=O) groups is 1. The second kappa shape index (κ2) is 6.27. The molecule has 0 saturated heterocycles. The fraction of sp³-hybridized carbons (Fsp3) is 0.208. The first-order valence-corrected chi connectivity index (χ1v) is 9.58. The molecule has 1 N–H and O–H groups in total. The molecular weight excluding hydrogens is 332 g/mol. The van der Waals surface area contributed by atoms with Gasteiger partial charge < -0.3 is 9.88 Å². The van der Waals surface area contributed by atoms with E-state index in [9.17, 15) is 4.79 Å².